The third kappa shape index (κ3) is 20.0. The molecule has 0 saturated carbocycles. The van der Waals surface area contributed by atoms with Gasteiger partial charge in [-0.3, -0.25) is 0 Å². The molecule has 0 radical (unpaired) electrons. The molecule has 3 aromatic rings. The number of hydrogen-bond donors (Lipinski definition) is 2. The van der Waals surface area contributed by atoms with Gasteiger partial charge in [-0.15, -0.1) is 36.2 Å². The standard InChI is InChI=1S/C11H15BrOS.C11H16OS2.C10H24Si.C6H4Br2O/c1-11(2,3)13-9-5-8(12)6-10(7-9)14-4;1-11(2,3)12-8-5-9(13)7-10(6-8)14-4;1-8(2)11(7,9(3)4)10(5)6;7-4-1-5(8)3-6(9)2-4/h5-7H,1-4H3;5-7,13H,1-4H3;8-10H,1-7H3;1-3,9H. The minimum absolute atomic E-state index is 0.142. The lowest BCUT2D eigenvalue weighted by Gasteiger charge is -2.39. The Morgan fingerprint density at radius 2 is 0.958 bits per heavy atom. The molecule has 0 aliphatic carbocycles. The largest absolute Gasteiger partial charge is 0.508 e. The van der Waals surface area contributed by atoms with Gasteiger partial charge in [0.15, 0.2) is 0 Å². The molecule has 1 N–H and O–H groups in total. The van der Waals surface area contributed by atoms with Gasteiger partial charge in [0.25, 0.3) is 0 Å². The molecule has 0 aromatic heterocycles. The maximum absolute atomic E-state index is 8.93. The molecule has 0 saturated heterocycles. The molecule has 0 aliphatic heterocycles. The van der Waals surface area contributed by atoms with Crippen molar-refractivity contribution in [1.82, 2.24) is 0 Å². The highest BCUT2D eigenvalue weighted by Crippen LogP contribution is 2.40. The molecule has 0 heterocycles. The Kier molecular flexibility index (Phi) is 21.9. The van der Waals surface area contributed by atoms with Crippen molar-refractivity contribution >= 4 is 92.0 Å². The molecule has 272 valence electrons. The van der Waals surface area contributed by atoms with Crippen LogP contribution in [0.2, 0.25) is 23.2 Å². The molecule has 3 aromatic carbocycles. The smallest absolute Gasteiger partial charge is 0.122 e. The first-order chi connectivity index (χ1) is 21.8. The molecule has 0 fully saturated rings. The number of hydrogen-bond acceptors (Lipinski definition) is 6. The summed E-state index contributed by atoms with van der Waals surface area (Å²) in [5.74, 6) is 2.06. The van der Waals surface area contributed by atoms with Crippen LogP contribution in [0.4, 0.5) is 0 Å². The first kappa shape index (κ1) is 47.8. The summed E-state index contributed by atoms with van der Waals surface area (Å²) < 4.78 is 14.3. The molecule has 3 nitrogen and oxygen atoms in total. The van der Waals surface area contributed by atoms with Crippen LogP contribution in [-0.2, 0) is 0 Å². The molecule has 10 heteroatoms. The maximum atomic E-state index is 8.93. The van der Waals surface area contributed by atoms with Gasteiger partial charge in [-0.05, 0) is 109 Å². The van der Waals surface area contributed by atoms with E-state index in [1.807, 2.05) is 78.1 Å². The van der Waals surface area contributed by atoms with E-state index >= 15 is 0 Å². The quantitative estimate of drug-likeness (QED) is 0.140. The Morgan fingerprint density at radius 1 is 0.604 bits per heavy atom. The van der Waals surface area contributed by atoms with Gasteiger partial charge in [0, 0.05) is 28.1 Å². The van der Waals surface area contributed by atoms with Crippen LogP contribution in [0.3, 0.4) is 0 Å². The van der Waals surface area contributed by atoms with E-state index < -0.39 is 8.07 Å². The molecule has 0 aliphatic rings. The van der Waals surface area contributed by atoms with Crippen molar-refractivity contribution in [2.45, 2.75) is 132 Å². The van der Waals surface area contributed by atoms with E-state index in [4.69, 9.17) is 14.6 Å². The Balaban J connectivity index is 0.000000623. The molecule has 48 heavy (non-hydrogen) atoms. The van der Waals surface area contributed by atoms with E-state index in [0.717, 1.165) is 46.4 Å². The lowest BCUT2D eigenvalue weighted by Crippen LogP contribution is -2.40. The average Bonchev–Trinajstić information content (AvgIpc) is 2.89. The van der Waals surface area contributed by atoms with E-state index in [-0.39, 0.29) is 17.0 Å². The van der Waals surface area contributed by atoms with E-state index in [1.54, 1.807) is 35.7 Å². The van der Waals surface area contributed by atoms with Gasteiger partial charge < -0.3 is 14.6 Å². The van der Waals surface area contributed by atoms with Crippen LogP contribution in [0.5, 0.6) is 17.2 Å². The number of halogens is 3. The van der Waals surface area contributed by atoms with E-state index in [2.05, 4.69) is 127 Å². The van der Waals surface area contributed by atoms with Gasteiger partial charge >= 0.3 is 0 Å². The van der Waals surface area contributed by atoms with Crippen molar-refractivity contribution in [1.29, 1.82) is 0 Å². The first-order valence-corrected chi connectivity index (χ1v) is 24.1. The van der Waals surface area contributed by atoms with Gasteiger partial charge in [-0.1, -0.05) is 113 Å². The first-order valence-electron chi connectivity index (χ1n) is 16.1. The Morgan fingerprint density at radius 3 is 1.27 bits per heavy atom. The Hall–Kier alpha value is -0.233. The van der Waals surface area contributed by atoms with Crippen LogP contribution in [0.1, 0.15) is 83.1 Å². The fraction of sp³-hybridized carbons (Fsp3) is 0.526. The van der Waals surface area contributed by atoms with Crippen LogP contribution in [0.15, 0.2) is 82.7 Å². The zero-order chi connectivity index (χ0) is 37.6. The van der Waals surface area contributed by atoms with Crippen LogP contribution < -0.4 is 9.47 Å². The zero-order valence-electron chi connectivity index (χ0n) is 31.6. The van der Waals surface area contributed by atoms with E-state index in [1.165, 1.54) is 9.79 Å². The maximum Gasteiger partial charge on any atom is 0.122 e. The predicted octanol–water partition coefficient (Wildman–Crippen LogP) is 15.4. The number of phenolic OH excluding ortho intramolecular Hbond substituents is 1. The zero-order valence-corrected chi connectivity index (χ0v) is 39.9. The topological polar surface area (TPSA) is 38.7 Å². The lowest BCUT2D eigenvalue weighted by atomic mass is 10.2. The monoisotopic (exact) mass is 924 g/mol. The number of thiol groups is 1. The molecule has 0 amide bonds. The van der Waals surface area contributed by atoms with E-state index in [9.17, 15) is 0 Å². The summed E-state index contributed by atoms with van der Waals surface area (Å²) in [6, 6.07) is 17.3. The van der Waals surface area contributed by atoms with Crippen molar-refractivity contribution < 1.29 is 14.6 Å². The normalized spacial score (nSPS) is 11.6. The van der Waals surface area contributed by atoms with E-state index in [0.29, 0.717) is 0 Å². The van der Waals surface area contributed by atoms with Crippen molar-refractivity contribution in [3.8, 4) is 17.2 Å². The average molecular weight is 928 g/mol. The van der Waals surface area contributed by atoms with Gasteiger partial charge in [-0.25, -0.2) is 0 Å². The highest BCUT2D eigenvalue weighted by Gasteiger charge is 2.37. The van der Waals surface area contributed by atoms with Crippen molar-refractivity contribution in [2.24, 2.45) is 0 Å². The van der Waals surface area contributed by atoms with Crippen molar-refractivity contribution in [2.75, 3.05) is 12.5 Å². The number of thioether (sulfide) groups is 2. The summed E-state index contributed by atoms with van der Waals surface area (Å²) in [6.07, 6.45) is 4.10. The molecule has 0 unspecified atom stereocenters. The minimum atomic E-state index is -0.981. The summed E-state index contributed by atoms with van der Waals surface area (Å²) in [4.78, 5) is 3.33. The van der Waals surface area contributed by atoms with Crippen LogP contribution in [-0.4, -0.2) is 36.9 Å². The summed E-state index contributed by atoms with van der Waals surface area (Å²) in [7, 11) is -0.981. The molecular formula is C38H59Br3O3S3Si. The van der Waals surface area contributed by atoms with Gasteiger partial charge in [-0.2, -0.15) is 0 Å². The summed E-state index contributed by atoms with van der Waals surface area (Å²) in [5.41, 5.74) is 2.46. The van der Waals surface area contributed by atoms with Crippen LogP contribution in [0, 0.1) is 0 Å². The Labute approximate surface area is 333 Å². The summed E-state index contributed by atoms with van der Waals surface area (Å²) >= 11 is 17.7. The molecule has 0 bridgehead atoms. The molecule has 0 atom stereocenters. The Bertz CT molecular complexity index is 1250. The van der Waals surface area contributed by atoms with Crippen molar-refractivity contribution in [3.05, 3.63) is 68.0 Å². The molecule has 3 rings (SSSR count). The third-order valence-electron chi connectivity index (χ3n) is 7.61. The fourth-order valence-electron chi connectivity index (χ4n) is 4.69. The highest BCUT2D eigenvalue weighted by atomic mass is 79.9. The van der Waals surface area contributed by atoms with Crippen LogP contribution in [0.25, 0.3) is 0 Å². The van der Waals surface area contributed by atoms with Gasteiger partial charge in [0.1, 0.15) is 28.5 Å². The summed E-state index contributed by atoms with van der Waals surface area (Å²) in [5, 5.41) is 8.93. The second-order valence-corrected chi connectivity index (χ2v) is 25.8. The van der Waals surface area contributed by atoms with Gasteiger partial charge in [0.05, 0.1) is 8.07 Å². The second kappa shape index (κ2) is 22.0. The number of ether oxygens (including phenoxy) is 2. The predicted molar refractivity (Wildman–Crippen MR) is 233 cm³/mol. The molecular weight excluding hydrogens is 868 g/mol. The minimum Gasteiger partial charge on any atom is -0.508 e. The third-order valence-corrected chi connectivity index (χ3v) is 18.1. The summed E-state index contributed by atoms with van der Waals surface area (Å²) in [6.45, 7) is 29.2. The number of rotatable bonds is 7. The lowest BCUT2D eigenvalue weighted by molar-refractivity contribution is 0.130. The number of phenols is 1. The SMILES string of the molecule is CC(C)[Si](C)(C(C)C)C(C)C.CSc1cc(Br)cc(OC(C)(C)C)c1.CSc1cc(S)cc(OC(C)(C)C)c1.Oc1cc(Br)cc(Br)c1. The highest BCUT2D eigenvalue weighted by molar-refractivity contribution is 9.11. The fourth-order valence-corrected chi connectivity index (χ4v) is 11.9. The van der Waals surface area contributed by atoms with Crippen molar-refractivity contribution in [3.63, 3.8) is 0 Å². The number of aromatic hydroxyl groups is 1. The van der Waals surface area contributed by atoms with Crippen LogP contribution >= 0.6 is 83.9 Å². The number of benzene rings is 3. The molecule has 0 spiro atoms. The van der Waals surface area contributed by atoms with Gasteiger partial charge in [0.2, 0.25) is 0 Å². The second-order valence-electron chi connectivity index (χ2n) is 14.6.